The van der Waals surface area contributed by atoms with Crippen LogP contribution in [0.15, 0.2) is 127 Å². The Kier molecular flexibility index (Phi) is 9.37. The molecule has 0 bridgehead atoms. The third-order valence-corrected chi connectivity index (χ3v) is 11.9. The Morgan fingerprint density at radius 1 is 0.558 bits per heavy atom. The molecular weight excluding hydrogens is 639 g/mol. The highest BCUT2D eigenvalue weighted by atomic mass is 16.5. The van der Waals surface area contributed by atoms with E-state index in [-0.39, 0.29) is 0 Å². The van der Waals surface area contributed by atoms with E-state index >= 15 is 0 Å². The summed E-state index contributed by atoms with van der Waals surface area (Å²) in [6.07, 6.45) is 3.21. The van der Waals surface area contributed by atoms with Crippen LogP contribution in [0, 0.1) is 0 Å². The highest BCUT2D eigenvalue weighted by Gasteiger charge is 2.47. The average molecular weight is 690 g/mol. The van der Waals surface area contributed by atoms with Crippen molar-refractivity contribution in [2.24, 2.45) is 11.5 Å². The summed E-state index contributed by atoms with van der Waals surface area (Å²) in [4.78, 5) is 2.39. The molecule has 0 unspecified atom stereocenters. The van der Waals surface area contributed by atoms with Crippen LogP contribution < -0.4 is 25.8 Å². The lowest BCUT2D eigenvalue weighted by molar-refractivity contribution is 0.404. The second kappa shape index (κ2) is 13.8. The highest BCUT2D eigenvalue weighted by Crippen LogP contribution is 2.57. The molecule has 1 aliphatic carbocycles. The molecule has 6 aromatic rings. The molecule has 0 fully saturated rings. The molecule has 0 aliphatic heterocycles. The summed E-state index contributed by atoms with van der Waals surface area (Å²) in [6, 6.07) is 46.0. The van der Waals surface area contributed by atoms with Gasteiger partial charge < -0.3 is 25.8 Å². The molecule has 0 spiro atoms. The number of methoxy groups -OCH3 is 2. The molecule has 5 nitrogen and oxygen atoms in total. The van der Waals surface area contributed by atoms with Crippen molar-refractivity contribution in [2.75, 3.05) is 19.1 Å². The largest absolute Gasteiger partial charge is 0.497 e. The first-order valence-electron chi connectivity index (χ1n) is 18.7. The van der Waals surface area contributed by atoms with E-state index in [9.17, 15) is 0 Å². The van der Waals surface area contributed by atoms with E-state index in [0.717, 1.165) is 65.1 Å². The Morgan fingerprint density at radius 3 is 1.65 bits per heavy atom. The van der Waals surface area contributed by atoms with Crippen LogP contribution in [0.3, 0.4) is 0 Å². The lowest BCUT2D eigenvalue weighted by atomic mass is 9.67. The Hall–Kier alpha value is -5.10. The summed E-state index contributed by atoms with van der Waals surface area (Å²) >= 11 is 0. The lowest BCUT2D eigenvalue weighted by Gasteiger charge is -2.43. The number of hydrogen-bond acceptors (Lipinski definition) is 5. The van der Waals surface area contributed by atoms with E-state index in [2.05, 4.69) is 160 Å². The molecule has 1 aliphatic rings. The van der Waals surface area contributed by atoms with Gasteiger partial charge in [-0.1, -0.05) is 113 Å². The molecule has 0 aromatic heterocycles. The fraction of sp³-hybridized carbons (Fsp3) is 0.277. The maximum Gasteiger partial charge on any atom is 0.118 e. The third kappa shape index (κ3) is 5.37. The zero-order valence-electron chi connectivity index (χ0n) is 31.4. The third-order valence-electron chi connectivity index (χ3n) is 11.9. The van der Waals surface area contributed by atoms with Crippen LogP contribution in [-0.2, 0) is 11.0 Å². The number of benzene rings is 6. The highest BCUT2D eigenvalue weighted by molar-refractivity contribution is 5.99. The van der Waals surface area contributed by atoms with Gasteiger partial charge >= 0.3 is 0 Å². The van der Waals surface area contributed by atoms with E-state index in [0.29, 0.717) is 0 Å². The number of rotatable bonds is 12. The van der Waals surface area contributed by atoms with Crippen LogP contribution in [0.4, 0.5) is 11.4 Å². The van der Waals surface area contributed by atoms with Crippen molar-refractivity contribution < 1.29 is 9.47 Å². The molecule has 4 N–H and O–H groups in total. The molecule has 0 heterocycles. The number of ether oxygens (including phenoxy) is 2. The van der Waals surface area contributed by atoms with E-state index in [1.807, 2.05) is 0 Å². The Bertz CT molecular complexity index is 2150. The molecule has 0 amide bonds. The monoisotopic (exact) mass is 689 g/mol. The van der Waals surface area contributed by atoms with Gasteiger partial charge in [0.1, 0.15) is 11.5 Å². The quantitative estimate of drug-likeness (QED) is 0.125. The van der Waals surface area contributed by atoms with Gasteiger partial charge in [-0.05, 0) is 112 Å². The molecule has 6 aromatic carbocycles. The minimum Gasteiger partial charge on any atom is -0.497 e. The Balaban J connectivity index is 1.55. The topological polar surface area (TPSA) is 73.7 Å². The summed E-state index contributed by atoms with van der Waals surface area (Å²) in [5.41, 5.74) is 23.4. The summed E-state index contributed by atoms with van der Waals surface area (Å²) < 4.78 is 11.3. The summed E-state index contributed by atoms with van der Waals surface area (Å²) in [5, 5.41) is 2.32. The molecule has 5 heteroatoms. The van der Waals surface area contributed by atoms with Crippen LogP contribution in [0.2, 0.25) is 0 Å². The van der Waals surface area contributed by atoms with Gasteiger partial charge in [-0.25, -0.2) is 0 Å². The Labute approximate surface area is 309 Å². The fourth-order valence-corrected chi connectivity index (χ4v) is 8.62. The maximum absolute atomic E-state index is 7.53. The molecule has 266 valence electrons. The predicted molar refractivity (Wildman–Crippen MR) is 217 cm³/mol. The van der Waals surface area contributed by atoms with Crippen LogP contribution >= 0.6 is 0 Å². The number of fused-ring (bicyclic) bond motifs is 4. The molecule has 7 rings (SSSR count). The van der Waals surface area contributed by atoms with Gasteiger partial charge in [0, 0.05) is 16.6 Å². The standard InChI is InChI=1S/C47H51N3O2/c1-7-45(48,8-2)41-29-30-44(40-17-12-11-16-38(40)41)50(46(49,9-3)10-4)34-23-28-39-37-15-13-14-18-42(37)47(43(39)31-34,32-19-24-35(51-5)25-20-32)33-21-26-36(52-6)27-22-33/h11-31H,7-10,48-49H2,1-6H3. The van der Waals surface area contributed by atoms with Crippen molar-refractivity contribution in [1.82, 2.24) is 0 Å². The average Bonchev–Trinajstić information content (AvgIpc) is 3.51. The minimum atomic E-state index is -0.665. The van der Waals surface area contributed by atoms with Crippen LogP contribution in [0.5, 0.6) is 11.5 Å². The molecule has 0 saturated heterocycles. The summed E-state index contributed by atoms with van der Waals surface area (Å²) in [5.74, 6) is 1.64. The van der Waals surface area contributed by atoms with Gasteiger partial charge in [0.15, 0.2) is 0 Å². The van der Waals surface area contributed by atoms with Gasteiger partial charge in [-0.3, -0.25) is 0 Å². The molecule has 0 radical (unpaired) electrons. The zero-order chi connectivity index (χ0) is 36.7. The van der Waals surface area contributed by atoms with E-state index in [1.165, 1.54) is 33.2 Å². The van der Waals surface area contributed by atoms with Crippen LogP contribution in [-0.4, -0.2) is 19.9 Å². The molecule has 0 atom stereocenters. The molecular formula is C47H51N3O2. The van der Waals surface area contributed by atoms with Crippen molar-refractivity contribution in [3.05, 3.63) is 155 Å². The normalized spacial score (nSPS) is 13.5. The first kappa shape index (κ1) is 35.3. The predicted octanol–water partition coefficient (Wildman–Crippen LogP) is 10.8. The summed E-state index contributed by atoms with van der Waals surface area (Å²) in [7, 11) is 3.42. The van der Waals surface area contributed by atoms with E-state index < -0.39 is 16.6 Å². The van der Waals surface area contributed by atoms with Crippen molar-refractivity contribution >= 4 is 22.1 Å². The number of nitrogens with zero attached hydrogens (tertiary/aromatic N) is 1. The maximum atomic E-state index is 7.53. The van der Waals surface area contributed by atoms with Crippen LogP contribution in [0.1, 0.15) is 81.2 Å². The first-order valence-corrected chi connectivity index (χ1v) is 18.7. The SMILES string of the molecule is CCC(N)(CC)c1ccc(N(c2ccc3c(c2)C(c2ccc(OC)cc2)(c2ccc(OC)cc2)c2ccccc2-3)C(N)(CC)CC)c2ccccc12. The fourth-order valence-electron chi connectivity index (χ4n) is 8.62. The van der Waals surface area contributed by atoms with Crippen LogP contribution in [0.25, 0.3) is 21.9 Å². The number of nitrogens with two attached hydrogens (primary N) is 2. The molecule has 52 heavy (non-hydrogen) atoms. The smallest absolute Gasteiger partial charge is 0.118 e. The summed E-state index contributed by atoms with van der Waals surface area (Å²) in [6.45, 7) is 8.73. The van der Waals surface area contributed by atoms with Crippen molar-refractivity contribution in [2.45, 2.75) is 70.0 Å². The van der Waals surface area contributed by atoms with Gasteiger partial charge in [-0.15, -0.1) is 0 Å². The number of anilines is 2. The first-order chi connectivity index (χ1) is 25.2. The van der Waals surface area contributed by atoms with Crippen molar-refractivity contribution in [1.29, 1.82) is 0 Å². The Morgan fingerprint density at radius 2 is 1.10 bits per heavy atom. The van der Waals surface area contributed by atoms with E-state index in [1.54, 1.807) is 14.2 Å². The zero-order valence-corrected chi connectivity index (χ0v) is 31.4. The second-order valence-electron chi connectivity index (χ2n) is 14.2. The second-order valence-corrected chi connectivity index (χ2v) is 14.2. The van der Waals surface area contributed by atoms with Crippen molar-refractivity contribution in [3.8, 4) is 22.6 Å². The van der Waals surface area contributed by atoms with E-state index in [4.69, 9.17) is 20.9 Å². The van der Waals surface area contributed by atoms with Gasteiger partial charge in [0.05, 0.1) is 31.0 Å². The van der Waals surface area contributed by atoms with Crippen molar-refractivity contribution in [3.63, 3.8) is 0 Å². The number of hydrogen-bond donors (Lipinski definition) is 2. The van der Waals surface area contributed by atoms with Gasteiger partial charge in [0.25, 0.3) is 0 Å². The molecule has 0 saturated carbocycles. The minimum absolute atomic E-state index is 0.423. The van der Waals surface area contributed by atoms with Gasteiger partial charge in [0.2, 0.25) is 0 Å². The lowest BCUT2D eigenvalue weighted by Crippen LogP contribution is -2.53. The van der Waals surface area contributed by atoms with Gasteiger partial charge in [-0.2, -0.15) is 0 Å².